The third-order valence-corrected chi connectivity index (χ3v) is 3.46. The van der Waals surface area contributed by atoms with Crippen molar-refractivity contribution < 1.29 is 19.2 Å². The minimum absolute atomic E-state index is 0.0251. The lowest BCUT2D eigenvalue weighted by atomic mass is 9.95. The van der Waals surface area contributed by atoms with Crippen LogP contribution in [0, 0.1) is 5.41 Å². The van der Waals surface area contributed by atoms with Crippen LogP contribution in [0.4, 0.5) is 10.5 Å². The SMILES string of the molecule is CN(C)C(=O)Nc1ccc(OCCN2OCC(C)(C)C2=O)cc1. The molecule has 1 aromatic rings. The van der Waals surface area contributed by atoms with Crippen molar-refractivity contribution in [3.63, 3.8) is 0 Å². The second kappa shape index (κ2) is 6.87. The average Bonchev–Trinajstić information content (AvgIpc) is 2.76. The van der Waals surface area contributed by atoms with Gasteiger partial charge in [-0.3, -0.25) is 9.63 Å². The second-order valence-corrected chi connectivity index (χ2v) is 6.26. The molecule has 1 fully saturated rings. The number of urea groups is 1. The predicted molar refractivity (Wildman–Crippen MR) is 86.1 cm³/mol. The predicted octanol–water partition coefficient (Wildman–Crippen LogP) is 1.96. The zero-order valence-corrected chi connectivity index (χ0v) is 14.0. The van der Waals surface area contributed by atoms with Crippen LogP contribution in [-0.2, 0) is 9.63 Å². The van der Waals surface area contributed by atoms with Gasteiger partial charge in [-0.05, 0) is 38.1 Å². The highest BCUT2D eigenvalue weighted by atomic mass is 16.7. The minimum Gasteiger partial charge on any atom is -0.492 e. The van der Waals surface area contributed by atoms with Gasteiger partial charge in [0.1, 0.15) is 12.4 Å². The first-order valence-electron chi connectivity index (χ1n) is 7.46. The van der Waals surface area contributed by atoms with Crippen LogP contribution in [-0.4, -0.2) is 55.8 Å². The van der Waals surface area contributed by atoms with Crippen LogP contribution >= 0.6 is 0 Å². The second-order valence-electron chi connectivity index (χ2n) is 6.26. The molecule has 0 aliphatic carbocycles. The smallest absolute Gasteiger partial charge is 0.321 e. The molecule has 7 nitrogen and oxygen atoms in total. The molecule has 2 rings (SSSR count). The van der Waals surface area contributed by atoms with Crippen LogP contribution in [0.3, 0.4) is 0 Å². The van der Waals surface area contributed by atoms with Crippen molar-refractivity contribution in [1.29, 1.82) is 0 Å². The fraction of sp³-hybridized carbons (Fsp3) is 0.500. The van der Waals surface area contributed by atoms with Gasteiger partial charge < -0.3 is 15.0 Å². The quantitative estimate of drug-likeness (QED) is 0.900. The molecule has 1 aliphatic heterocycles. The van der Waals surface area contributed by atoms with Crippen LogP contribution in [0.2, 0.25) is 0 Å². The van der Waals surface area contributed by atoms with Crippen molar-refractivity contribution in [3.8, 4) is 5.75 Å². The molecule has 1 aliphatic rings. The standard InChI is InChI=1S/C16H23N3O4/c1-16(2)11-23-19(14(16)20)9-10-22-13-7-5-12(6-8-13)17-15(21)18(3)4/h5-8H,9-11H2,1-4H3,(H,17,21). The number of hydrogen-bond donors (Lipinski definition) is 1. The number of hydrogen-bond acceptors (Lipinski definition) is 4. The molecule has 1 saturated heterocycles. The molecule has 3 amide bonds. The van der Waals surface area contributed by atoms with E-state index in [0.29, 0.717) is 31.2 Å². The molecule has 0 spiro atoms. The Labute approximate surface area is 136 Å². The number of amides is 3. The summed E-state index contributed by atoms with van der Waals surface area (Å²) in [6, 6.07) is 6.87. The topological polar surface area (TPSA) is 71.1 Å². The zero-order chi connectivity index (χ0) is 17.0. The molecule has 1 heterocycles. The van der Waals surface area contributed by atoms with Gasteiger partial charge in [0.15, 0.2) is 0 Å². The summed E-state index contributed by atoms with van der Waals surface area (Å²) in [6.07, 6.45) is 0. The Morgan fingerprint density at radius 2 is 2.00 bits per heavy atom. The molecular formula is C16H23N3O4. The van der Waals surface area contributed by atoms with Gasteiger partial charge in [-0.2, -0.15) is 0 Å². The monoisotopic (exact) mass is 321 g/mol. The van der Waals surface area contributed by atoms with Gasteiger partial charge in [0.05, 0.1) is 18.6 Å². The summed E-state index contributed by atoms with van der Waals surface area (Å²) in [5.41, 5.74) is 0.225. The maximum absolute atomic E-state index is 12.0. The Kier molecular flexibility index (Phi) is 5.10. The third kappa shape index (κ3) is 4.35. The molecular weight excluding hydrogens is 298 g/mol. The first-order chi connectivity index (χ1) is 10.8. The summed E-state index contributed by atoms with van der Waals surface area (Å²) >= 11 is 0. The molecule has 1 aromatic carbocycles. The number of benzene rings is 1. The van der Waals surface area contributed by atoms with Gasteiger partial charge in [0.2, 0.25) is 0 Å². The number of nitrogens with one attached hydrogen (secondary N) is 1. The van der Waals surface area contributed by atoms with Crippen LogP contribution in [0.15, 0.2) is 24.3 Å². The minimum atomic E-state index is -0.466. The van der Waals surface area contributed by atoms with E-state index in [0.717, 1.165) is 0 Å². The van der Waals surface area contributed by atoms with Crippen LogP contribution in [0.1, 0.15) is 13.8 Å². The van der Waals surface area contributed by atoms with Gasteiger partial charge >= 0.3 is 6.03 Å². The summed E-state index contributed by atoms with van der Waals surface area (Å²) in [5, 5.41) is 4.10. The Balaban J connectivity index is 1.79. The van der Waals surface area contributed by atoms with Crippen molar-refractivity contribution in [2.75, 3.05) is 39.2 Å². The summed E-state index contributed by atoms with van der Waals surface area (Å²) < 4.78 is 5.59. The van der Waals surface area contributed by atoms with Crippen molar-refractivity contribution in [2.45, 2.75) is 13.8 Å². The van der Waals surface area contributed by atoms with E-state index in [1.54, 1.807) is 38.4 Å². The summed E-state index contributed by atoms with van der Waals surface area (Å²) in [4.78, 5) is 30.3. The molecule has 0 atom stereocenters. The molecule has 0 unspecified atom stereocenters. The maximum atomic E-state index is 12.0. The third-order valence-electron chi connectivity index (χ3n) is 3.46. The Morgan fingerprint density at radius 1 is 1.35 bits per heavy atom. The van der Waals surface area contributed by atoms with Crippen molar-refractivity contribution in [3.05, 3.63) is 24.3 Å². The van der Waals surface area contributed by atoms with E-state index in [1.807, 2.05) is 13.8 Å². The van der Waals surface area contributed by atoms with Crippen molar-refractivity contribution in [2.24, 2.45) is 5.41 Å². The average molecular weight is 321 g/mol. The van der Waals surface area contributed by atoms with E-state index in [9.17, 15) is 9.59 Å². The fourth-order valence-electron chi connectivity index (χ4n) is 1.98. The first-order valence-corrected chi connectivity index (χ1v) is 7.46. The van der Waals surface area contributed by atoms with Crippen LogP contribution < -0.4 is 10.1 Å². The van der Waals surface area contributed by atoms with Gasteiger partial charge in [0.25, 0.3) is 5.91 Å². The zero-order valence-electron chi connectivity index (χ0n) is 14.0. The number of rotatable bonds is 5. The highest BCUT2D eigenvalue weighted by molar-refractivity contribution is 5.88. The van der Waals surface area contributed by atoms with E-state index >= 15 is 0 Å². The van der Waals surface area contributed by atoms with Crippen molar-refractivity contribution in [1.82, 2.24) is 9.96 Å². The number of carbonyl (C=O) groups is 2. The fourth-order valence-corrected chi connectivity index (χ4v) is 1.98. The molecule has 0 saturated carbocycles. The largest absolute Gasteiger partial charge is 0.492 e. The lowest BCUT2D eigenvalue weighted by Crippen LogP contribution is -2.33. The molecule has 7 heteroatoms. The van der Waals surface area contributed by atoms with E-state index in [-0.39, 0.29) is 11.9 Å². The van der Waals surface area contributed by atoms with Gasteiger partial charge in [-0.15, -0.1) is 0 Å². The van der Waals surface area contributed by atoms with Gasteiger partial charge in [0, 0.05) is 19.8 Å². The van der Waals surface area contributed by atoms with Gasteiger partial charge in [-0.25, -0.2) is 9.86 Å². The van der Waals surface area contributed by atoms with E-state index in [4.69, 9.17) is 9.57 Å². The first kappa shape index (κ1) is 17.1. The normalized spacial score (nSPS) is 16.3. The van der Waals surface area contributed by atoms with Crippen LogP contribution in [0.5, 0.6) is 5.75 Å². The number of ether oxygens (including phenoxy) is 1. The Hall–Kier alpha value is -2.28. The summed E-state index contributed by atoms with van der Waals surface area (Å²) in [5.74, 6) is 0.640. The molecule has 23 heavy (non-hydrogen) atoms. The summed E-state index contributed by atoms with van der Waals surface area (Å²) in [7, 11) is 3.35. The molecule has 0 bridgehead atoms. The van der Waals surface area contributed by atoms with Gasteiger partial charge in [-0.1, -0.05) is 0 Å². The Bertz CT molecular complexity index is 569. The molecule has 126 valence electrons. The number of hydroxylamine groups is 2. The summed E-state index contributed by atoms with van der Waals surface area (Å²) in [6.45, 7) is 4.83. The van der Waals surface area contributed by atoms with E-state index in [1.165, 1.54) is 9.96 Å². The van der Waals surface area contributed by atoms with E-state index in [2.05, 4.69) is 5.32 Å². The molecule has 0 radical (unpaired) electrons. The number of anilines is 1. The maximum Gasteiger partial charge on any atom is 0.321 e. The lowest BCUT2D eigenvalue weighted by Gasteiger charge is -2.17. The lowest BCUT2D eigenvalue weighted by molar-refractivity contribution is -0.163. The van der Waals surface area contributed by atoms with E-state index < -0.39 is 5.41 Å². The highest BCUT2D eigenvalue weighted by Gasteiger charge is 2.40. The van der Waals surface area contributed by atoms with Crippen LogP contribution in [0.25, 0.3) is 0 Å². The molecule has 1 N–H and O–H groups in total. The van der Waals surface area contributed by atoms with Crippen molar-refractivity contribution >= 4 is 17.6 Å². The number of carbonyl (C=O) groups excluding carboxylic acids is 2. The molecule has 0 aromatic heterocycles. The highest BCUT2D eigenvalue weighted by Crippen LogP contribution is 2.26. The number of nitrogens with zero attached hydrogens (tertiary/aromatic N) is 2. The Morgan fingerprint density at radius 3 is 2.52 bits per heavy atom.